The summed E-state index contributed by atoms with van der Waals surface area (Å²) in [6, 6.07) is 22.2. The Labute approximate surface area is 158 Å². The highest BCUT2D eigenvalue weighted by Crippen LogP contribution is 2.30. The Bertz CT molecular complexity index is 909. The van der Waals surface area contributed by atoms with Crippen molar-refractivity contribution in [2.24, 2.45) is 0 Å². The molecule has 3 rings (SSSR count). The number of anilines is 1. The highest BCUT2D eigenvalue weighted by atomic mass is 16.5. The molecule has 0 unspecified atom stereocenters. The summed E-state index contributed by atoms with van der Waals surface area (Å²) in [6.07, 6.45) is 0.173. The Morgan fingerprint density at radius 1 is 0.815 bits per heavy atom. The lowest BCUT2D eigenvalue weighted by Gasteiger charge is -2.13. The highest BCUT2D eigenvalue weighted by molar-refractivity contribution is 5.94. The van der Waals surface area contributed by atoms with E-state index in [1.165, 1.54) is 0 Å². The van der Waals surface area contributed by atoms with Gasteiger partial charge in [0.1, 0.15) is 17.2 Å². The van der Waals surface area contributed by atoms with Crippen LogP contribution in [0.2, 0.25) is 0 Å². The van der Waals surface area contributed by atoms with Crippen molar-refractivity contribution >= 4 is 11.6 Å². The van der Waals surface area contributed by atoms with Crippen LogP contribution in [0.5, 0.6) is 23.0 Å². The first-order valence-electron chi connectivity index (χ1n) is 8.52. The number of nitrogens with one attached hydrogen (secondary N) is 1. The van der Waals surface area contributed by atoms with E-state index < -0.39 is 0 Å². The van der Waals surface area contributed by atoms with Gasteiger partial charge in [-0.25, -0.2) is 0 Å². The normalized spacial score (nSPS) is 10.1. The van der Waals surface area contributed by atoms with Crippen LogP contribution in [0.4, 0.5) is 5.69 Å². The van der Waals surface area contributed by atoms with Gasteiger partial charge in [-0.1, -0.05) is 36.4 Å². The van der Waals surface area contributed by atoms with Crippen LogP contribution in [0.25, 0.3) is 0 Å². The van der Waals surface area contributed by atoms with E-state index in [0.717, 1.165) is 5.56 Å². The lowest BCUT2D eigenvalue weighted by atomic mass is 10.1. The Morgan fingerprint density at radius 2 is 1.56 bits per heavy atom. The third-order valence-corrected chi connectivity index (χ3v) is 3.98. The largest absolute Gasteiger partial charge is 0.497 e. The molecule has 0 atom stereocenters. The second-order valence-corrected chi connectivity index (χ2v) is 5.81. The molecule has 3 aromatic rings. The van der Waals surface area contributed by atoms with Crippen molar-refractivity contribution in [1.82, 2.24) is 0 Å². The summed E-state index contributed by atoms with van der Waals surface area (Å²) in [6.45, 7) is 0. The molecule has 0 bridgehead atoms. The van der Waals surface area contributed by atoms with E-state index in [-0.39, 0.29) is 12.3 Å². The van der Waals surface area contributed by atoms with E-state index in [1.54, 1.807) is 32.4 Å². The molecule has 0 radical (unpaired) electrons. The summed E-state index contributed by atoms with van der Waals surface area (Å²) in [5.41, 5.74) is 1.39. The lowest BCUT2D eigenvalue weighted by molar-refractivity contribution is -0.115. The van der Waals surface area contributed by atoms with Gasteiger partial charge in [0, 0.05) is 11.6 Å². The van der Waals surface area contributed by atoms with E-state index >= 15 is 0 Å². The Hall–Kier alpha value is -3.47. The summed E-state index contributed by atoms with van der Waals surface area (Å²) in [5.74, 6) is 2.41. The van der Waals surface area contributed by atoms with Crippen molar-refractivity contribution < 1.29 is 19.0 Å². The summed E-state index contributed by atoms with van der Waals surface area (Å²) < 4.78 is 16.4. The molecule has 1 amide bonds. The number of hydrogen-bond acceptors (Lipinski definition) is 4. The average molecular weight is 363 g/mol. The molecule has 3 aromatic carbocycles. The summed E-state index contributed by atoms with van der Waals surface area (Å²) in [7, 11) is 3.16. The molecule has 0 aliphatic rings. The topological polar surface area (TPSA) is 56.8 Å². The van der Waals surface area contributed by atoms with Crippen LogP contribution >= 0.6 is 0 Å². The second-order valence-electron chi connectivity index (χ2n) is 5.81. The van der Waals surface area contributed by atoms with Crippen molar-refractivity contribution in [3.8, 4) is 23.0 Å². The fraction of sp³-hybridized carbons (Fsp3) is 0.136. The third kappa shape index (κ3) is 4.79. The molecule has 27 heavy (non-hydrogen) atoms. The number of methoxy groups -OCH3 is 2. The van der Waals surface area contributed by atoms with E-state index in [4.69, 9.17) is 14.2 Å². The summed E-state index contributed by atoms with van der Waals surface area (Å²) in [5, 5.41) is 2.91. The van der Waals surface area contributed by atoms with E-state index in [2.05, 4.69) is 5.32 Å². The number of carbonyl (C=O) groups excluding carboxylic acids is 1. The quantitative estimate of drug-likeness (QED) is 0.662. The smallest absolute Gasteiger partial charge is 0.229 e. The number of rotatable bonds is 7. The van der Waals surface area contributed by atoms with E-state index in [0.29, 0.717) is 28.7 Å². The minimum Gasteiger partial charge on any atom is -0.497 e. The molecule has 0 heterocycles. The van der Waals surface area contributed by atoms with Crippen LogP contribution in [-0.4, -0.2) is 20.1 Å². The van der Waals surface area contributed by atoms with Gasteiger partial charge in [0.15, 0.2) is 5.75 Å². The van der Waals surface area contributed by atoms with Gasteiger partial charge in [-0.05, 0) is 30.3 Å². The van der Waals surface area contributed by atoms with Gasteiger partial charge in [0.25, 0.3) is 0 Å². The van der Waals surface area contributed by atoms with Crippen LogP contribution in [-0.2, 0) is 11.2 Å². The minimum absolute atomic E-state index is 0.164. The maximum atomic E-state index is 12.6. The van der Waals surface area contributed by atoms with Crippen LogP contribution in [0, 0.1) is 0 Å². The SMILES string of the molecule is COc1ccc(CC(=O)Nc2ccccc2Oc2ccccc2)c(OC)c1. The minimum atomic E-state index is -0.164. The summed E-state index contributed by atoms with van der Waals surface area (Å²) in [4.78, 5) is 12.6. The van der Waals surface area contributed by atoms with Crippen molar-refractivity contribution in [1.29, 1.82) is 0 Å². The van der Waals surface area contributed by atoms with Gasteiger partial charge in [0.2, 0.25) is 5.91 Å². The molecule has 0 aromatic heterocycles. The molecule has 1 N–H and O–H groups in total. The van der Waals surface area contributed by atoms with Crippen LogP contribution in [0.1, 0.15) is 5.56 Å². The van der Waals surface area contributed by atoms with E-state index in [9.17, 15) is 4.79 Å². The number of carbonyl (C=O) groups is 1. The fourth-order valence-corrected chi connectivity index (χ4v) is 2.64. The Kier molecular flexibility index (Phi) is 5.94. The van der Waals surface area contributed by atoms with Crippen LogP contribution < -0.4 is 19.5 Å². The zero-order chi connectivity index (χ0) is 19.1. The average Bonchev–Trinajstić information content (AvgIpc) is 2.70. The molecule has 0 aliphatic heterocycles. The van der Waals surface area contributed by atoms with Crippen molar-refractivity contribution in [2.45, 2.75) is 6.42 Å². The zero-order valence-electron chi connectivity index (χ0n) is 15.3. The van der Waals surface area contributed by atoms with Gasteiger partial charge in [0.05, 0.1) is 26.3 Å². The van der Waals surface area contributed by atoms with Crippen molar-refractivity contribution in [3.05, 3.63) is 78.4 Å². The molecule has 0 fully saturated rings. The first-order valence-corrected chi connectivity index (χ1v) is 8.52. The molecule has 138 valence electrons. The van der Waals surface area contributed by atoms with Gasteiger partial charge >= 0.3 is 0 Å². The monoisotopic (exact) mass is 363 g/mol. The predicted octanol–water partition coefficient (Wildman–Crippen LogP) is 4.68. The van der Waals surface area contributed by atoms with Crippen molar-refractivity contribution in [2.75, 3.05) is 19.5 Å². The molecule has 0 spiro atoms. The molecule has 0 aliphatic carbocycles. The number of ether oxygens (including phenoxy) is 3. The number of benzene rings is 3. The third-order valence-electron chi connectivity index (χ3n) is 3.98. The van der Waals surface area contributed by atoms with Crippen LogP contribution in [0.3, 0.4) is 0 Å². The second kappa shape index (κ2) is 8.76. The van der Waals surface area contributed by atoms with E-state index in [1.807, 2.05) is 54.6 Å². The molecule has 5 nitrogen and oxygen atoms in total. The number of para-hydroxylation sites is 3. The highest BCUT2D eigenvalue weighted by Gasteiger charge is 2.12. The van der Waals surface area contributed by atoms with Gasteiger partial charge in [-0.2, -0.15) is 0 Å². The molecule has 5 heteroatoms. The Balaban J connectivity index is 1.73. The number of amides is 1. The maximum Gasteiger partial charge on any atom is 0.229 e. The van der Waals surface area contributed by atoms with Gasteiger partial charge in [-0.3, -0.25) is 4.79 Å². The predicted molar refractivity (Wildman–Crippen MR) is 105 cm³/mol. The first kappa shape index (κ1) is 18.3. The first-order chi connectivity index (χ1) is 13.2. The number of hydrogen-bond donors (Lipinski definition) is 1. The maximum absolute atomic E-state index is 12.6. The zero-order valence-corrected chi connectivity index (χ0v) is 15.3. The van der Waals surface area contributed by atoms with Crippen LogP contribution in [0.15, 0.2) is 72.8 Å². The standard InChI is InChI=1S/C22H21NO4/c1-25-18-13-12-16(21(15-18)26-2)14-22(24)23-19-10-6-7-11-20(19)27-17-8-4-3-5-9-17/h3-13,15H,14H2,1-2H3,(H,23,24). The van der Waals surface area contributed by atoms with Crippen molar-refractivity contribution in [3.63, 3.8) is 0 Å². The lowest BCUT2D eigenvalue weighted by Crippen LogP contribution is -2.15. The molecule has 0 saturated carbocycles. The summed E-state index contributed by atoms with van der Waals surface area (Å²) >= 11 is 0. The molecular formula is C22H21NO4. The fourth-order valence-electron chi connectivity index (χ4n) is 2.64. The molecular weight excluding hydrogens is 342 g/mol. The molecule has 0 saturated heterocycles. The van der Waals surface area contributed by atoms with Gasteiger partial charge in [-0.15, -0.1) is 0 Å². The Morgan fingerprint density at radius 3 is 2.30 bits per heavy atom. The van der Waals surface area contributed by atoms with Gasteiger partial charge < -0.3 is 19.5 Å².